The SMILES string of the molecule is C[C@H](NC(=O)c1ccccc1)C(=O)OCC(=O)N(C)Cc1nc2ccccc2s1. The molecule has 0 aliphatic carbocycles. The summed E-state index contributed by atoms with van der Waals surface area (Å²) in [5, 5.41) is 3.36. The van der Waals surface area contributed by atoms with E-state index in [1.807, 2.05) is 24.3 Å². The summed E-state index contributed by atoms with van der Waals surface area (Å²) in [5.41, 5.74) is 1.33. The molecule has 0 unspecified atom stereocenters. The molecule has 0 bridgehead atoms. The van der Waals surface area contributed by atoms with Crippen LogP contribution in [-0.2, 0) is 20.9 Å². The Labute approximate surface area is 172 Å². The Balaban J connectivity index is 1.47. The standard InChI is InChI=1S/C21H21N3O4S/c1-14(22-20(26)15-8-4-3-5-9-15)21(27)28-13-19(25)24(2)12-18-23-16-10-6-7-11-17(16)29-18/h3-11,14H,12-13H2,1-2H3,(H,22,26)/t14-/m0/s1. The number of fused-ring (bicyclic) bond motifs is 1. The second-order valence-corrected chi connectivity index (χ2v) is 7.61. The van der Waals surface area contributed by atoms with E-state index in [4.69, 9.17) is 4.74 Å². The van der Waals surface area contributed by atoms with Gasteiger partial charge in [-0.05, 0) is 31.2 Å². The van der Waals surface area contributed by atoms with E-state index in [1.165, 1.54) is 23.2 Å². The number of hydrogen-bond donors (Lipinski definition) is 1. The largest absolute Gasteiger partial charge is 0.454 e. The maximum Gasteiger partial charge on any atom is 0.328 e. The van der Waals surface area contributed by atoms with E-state index in [1.54, 1.807) is 37.4 Å². The first kappa shape index (κ1) is 20.5. The van der Waals surface area contributed by atoms with Crippen LogP contribution in [0.2, 0.25) is 0 Å². The molecule has 3 aromatic rings. The van der Waals surface area contributed by atoms with Crippen molar-refractivity contribution < 1.29 is 19.1 Å². The van der Waals surface area contributed by atoms with Gasteiger partial charge in [-0.3, -0.25) is 9.59 Å². The van der Waals surface area contributed by atoms with Gasteiger partial charge in [-0.15, -0.1) is 11.3 Å². The Morgan fingerprint density at radius 1 is 1.10 bits per heavy atom. The van der Waals surface area contributed by atoms with Gasteiger partial charge in [0, 0.05) is 12.6 Å². The van der Waals surface area contributed by atoms with Crippen LogP contribution in [0.4, 0.5) is 0 Å². The molecule has 0 fully saturated rings. The fraction of sp³-hybridized carbons (Fsp3) is 0.238. The molecule has 1 heterocycles. The molecule has 3 rings (SSSR count). The molecule has 1 atom stereocenters. The molecule has 1 aromatic heterocycles. The second-order valence-electron chi connectivity index (χ2n) is 6.49. The lowest BCUT2D eigenvalue weighted by molar-refractivity contribution is -0.153. The molecule has 29 heavy (non-hydrogen) atoms. The van der Waals surface area contributed by atoms with Gasteiger partial charge in [0.15, 0.2) is 6.61 Å². The van der Waals surface area contributed by atoms with E-state index in [0.717, 1.165) is 15.2 Å². The summed E-state index contributed by atoms with van der Waals surface area (Å²) in [6.45, 7) is 1.44. The molecule has 2 amide bonds. The first-order chi connectivity index (χ1) is 13.9. The minimum atomic E-state index is -0.870. The molecule has 0 saturated carbocycles. The molecule has 0 radical (unpaired) electrons. The molecule has 0 saturated heterocycles. The molecular weight excluding hydrogens is 390 g/mol. The van der Waals surface area contributed by atoms with E-state index in [-0.39, 0.29) is 11.8 Å². The van der Waals surface area contributed by atoms with Crippen molar-refractivity contribution in [1.82, 2.24) is 15.2 Å². The summed E-state index contributed by atoms with van der Waals surface area (Å²) in [5.74, 6) is -1.40. The van der Waals surface area contributed by atoms with Crippen molar-refractivity contribution in [3.8, 4) is 0 Å². The monoisotopic (exact) mass is 411 g/mol. The third-order valence-electron chi connectivity index (χ3n) is 4.21. The van der Waals surface area contributed by atoms with Gasteiger partial charge in [0.05, 0.1) is 16.8 Å². The van der Waals surface area contributed by atoms with Crippen molar-refractivity contribution in [1.29, 1.82) is 0 Å². The molecule has 150 valence electrons. The van der Waals surface area contributed by atoms with Gasteiger partial charge in [-0.2, -0.15) is 0 Å². The number of likely N-dealkylation sites (N-methyl/N-ethyl adjacent to an activating group) is 1. The Bertz CT molecular complexity index is 986. The van der Waals surface area contributed by atoms with E-state index in [9.17, 15) is 14.4 Å². The van der Waals surface area contributed by atoms with Gasteiger partial charge in [0.1, 0.15) is 11.0 Å². The van der Waals surface area contributed by atoms with E-state index >= 15 is 0 Å². The summed E-state index contributed by atoms with van der Waals surface area (Å²) >= 11 is 1.52. The number of carbonyl (C=O) groups excluding carboxylic acids is 3. The van der Waals surface area contributed by atoms with Crippen LogP contribution < -0.4 is 5.32 Å². The van der Waals surface area contributed by atoms with Crippen LogP contribution >= 0.6 is 11.3 Å². The van der Waals surface area contributed by atoms with Crippen molar-refractivity contribution >= 4 is 39.3 Å². The van der Waals surface area contributed by atoms with Crippen LogP contribution in [0.25, 0.3) is 10.2 Å². The number of nitrogens with zero attached hydrogens (tertiary/aromatic N) is 2. The van der Waals surface area contributed by atoms with Crippen molar-refractivity contribution in [2.45, 2.75) is 19.5 Å². The summed E-state index contributed by atoms with van der Waals surface area (Å²) in [4.78, 5) is 42.4. The maximum absolute atomic E-state index is 12.3. The number of nitrogens with one attached hydrogen (secondary N) is 1. The number of thiazole rings is 1. The van der Waals surface area contributed by atoms with E-state index in [2.05, 4.69) is 10.3 Å². The minimum Gasteiger partial charge on any atom is -0.454 e. The summed E-state index contributed by atoms with van der Waals surface area (Å²) < 4.78 is 6.11. The molecule has 7 nitrogen and oxygen atoms in total. The van der Waals surface area contributed by atoms with Crippen molar-refractivity contribution in [2.24, 2.45) is 0 Å². The van der Waals surface area contributed by atoms with Crippen LogP contribution in [0.5, 0.6) is 0 Å². The lowest BCUT2D eigenvalue weighted by Crippen LogP contribution is -2.41. The van der Waals surface area contributed by atoms with Gasteiger partial charge in [0.25, 0.3) is 11.8 Å². The number of rotatable bonds is 7. The zero-order valence-electron chi connectivity index (χ0n) is 16.1. The third-order valence-corrected chi connectivity index (χ3v) is 5.23. The Kier molecular flexibility index (Phi) is 6.56. The van der Waals surface area contributed by atoms with Gasteiger partial charge < -0.3 is 15.0 Å². The van der Waals surface area contributed by atoms with Crippen LogP contribution in [0.15, 0.2) is 54.6 Å². The van der Waals surface area contributed by atoms with Gasteiger partial charge in [0.2, 0.25) is 0 Å². The highest BCUT2D eigenvalue weighted by Gasteiger charge is 2.20. The van der Waals surface area contributed by atoms with Gasteiger partial charge in [-0.25, -0.2) is 9.78 Å². The molecule has 0 aliphatic rings. The number of carbonyl (C=O) groups is 3. The third kappa shape index (κ3) is 5.39. The van der Waals surface area contributed by atoms with Crippen molar-refractivity contribution in [3.63, 3.8) is 0 Å². The molecule has 1 N–H and O–H groups in total. The molecule has 8 heteroatoms. The first-order valence-electron chi connectivity index (χ1n) is 9.05. The molecular formula is C21H21N3O4S. The highest BCUT2D eigenvalue weighted by molar-refractivity contribution is 7.18. The van der Waals surface area contributed by atoms with Gasteiger partial charge >= 0.3 is 5.97 Å². The van der Waals surface area contributed by atoms with E-state index < -0.39 is 18.6 Å². The second kappa shape index (κ2) is 9.29. The smallest absolute Gasteiger partial charge is 0.328 e. The lowest BCUT2D eigenvalue weighted by atomic mass is 10.2. The van der Waals surface area contributed by atoms with Crippen molar-refractivity contribution in [3.05, 3.63) is 65.2 Å². The molecule has 0 aliphatic heterocycles. The number of hydrogen-bond acceptors (Lipinski definition) is 6. The Morgan fingerprint density at radius 2 is 1.79 bits per heavy atom. The van der Waals surface area contributed by atoms with E-state index in [0.29, 0.717) is 12.1 Å². The summed E-state index contributed by atoms with van der Waals surface area (Å²) in [6, 6.07) is 15.4. The quantitative estimate of drug-likeness (QED) is 0.604. The Hall–Kier alpha value is -3.26. The van der Waals surface area contributed by atoms with Crippen LogP contribution in [0, 0.1) is 0 Å². The zero-order valence-corrected chi connectivity index (χ0v) is 16.9. The predicted molar refractivity (Wildman–Crippen MR) is 110 cm³/mol. The number of esters is 1. The highest BCUT2D eigenvalue weighted by Crippen LogP contribution is 2.22. The van der Waals surface area contributed by atoms with Crippen LogP contribution in [-0.4, -0.2) is 47.4 Å². The van der Waals surface area contributed by atoms with Crippen LogP contribution in [0.3, 0.4) is 0 Å². The topological polar surface area (TPSA) is 88.6 Å². The fourth-order valence-corrected chi connectivity index (χ4v) is 3.60. The highest BCUT2D eigenvalue weighted by atomic mass is 32.1. The van der Waals surface area contributed by atoms with Gasteiger partial charge in [-0.1, -0.05) is 30.3 Å². The molecule has 0 spiro atoms. The molecule has 2 aromatic carbocycles. The maximum atomic E-state index is 12.3. The zero-order chi connectivity index (χ0) is 20.8. The average Bonchev–Trinajstić information content (AvgIpc) is 3.14. The van der Waals surface area contributed by atoms with Crippen LogP contribution in [0.1, 0.15) is 22.3 Å². The minimum absolute atomic E-state index is 0.329. The number of amides is 2. The number of aromatic nitrogens is 1. The lowest BCUT2D eigenvalue weighted by Gasteiger charge is -2.17. The first-order valence-corrected chi connectivity index (χ1v) is 9.86. The predicted octanol–water partition coefficient (Wildman–Crippen LogP) is 2.62. The fourth-order valence-electron chi connectivity index (χ4n) is 2.58. The Morgan fingerprint density at radius 3 is 2.52 bits per heavy atom. The average molecular weight is 411 g/mol. The number of para-hydroxylation sites is 1. The normalized spacial score (nSPS) is 11.7. The summed E-state index contributed by atoms with van der Waals surface area (Å²) in [6.07, 6.45) is 0. The number of ether oxygens (including phenoxy) is 1. The van der Waals surface area contributed by atoms with Crippen molar-refractivity contribution in [2.75, 3.05) is 13.7 Å². The summed E-state index contributed by atoms with van der Waals surface area (Å²) in [7, 11) is 1.63. The number of benzene rings is 2.